The number of nitrogens with one attached hydrogen (secondary N) is 1. The van der Waals surface area contributed by atoms with Gasteiger partial charge in [-0.3, -0.25) is 0 Å². The molecule has 4 heteroatoms. The highest BCUT2D eigenvalue weighted by Crippen LogP contribution is 2.30. The van der Waals surface area contributed by atoms with Crippen LogP contribution in [0.2, 0.25) is 0 Å². The van der Waals surface area contributed by atoms with Crippen molar-refractivity contribution in [2.45, 2.75) is 24.9 Å². The molecule has 0 saturated heterocycles. The second-order valence-corrected chi connectivity index (χ2v) is 3.45. The van der Waals surface area contributed by atoms with Crippen LogP contribution in [0.3, 0.4) is 0 Å². The van der Waals surface area contributed by atoms with Crippen molar-refractivity contribution in [2.75, 3.05) is 13.1 Å². The molecule has 13 heavy (non-hydrogen) atoms. The predicted molar refractivity (Wildman–Crippen MR) is 48.4 cm³/mol. The van der Waals surface area contributed by atoms with E-state index in [0.717, 1.165) is 25.3 Å². The second kappa shape index (κ2) is 4.39. The first-order valence-corrected chi connectivity index (χ1v) is 4.45. The molecular formula is C9H15NO3. The van der Waals surface area contributed by atoms with Crippen molar-refractivity contribution in [1.82, 2.24) is 5.32 Å². The van der Waals surface area contributed by atoms with Gasteiger partial charge in [-0.1, -0.05) is 6.08 Å². The molecule has 0 radical (unpaired) electrons. The molecule has 0 bridgehead atoms. The average molecular weight is 185 g/mol. The quantitative estimate of drug-likeness (QED) is 0.420. The molecule has 1 saturated carbocycles. The van der Waals surface area contributed by atoms with E-state index in [9.17, 15) is 9.90 Å². The smallest absolute Gasteiger partial charge is 0.328 e. The molecule has 0 unspecified atom stereocenters. The van der Waals surface area contributed by atoms with Gasteiger partial charge in [-0.2, -0.15) is 0 Å². The lowest BCUT2D eigenvalue weighted by atomic mass is 9.80. The Bertz CT molecular complexity index is 209. The minimum atomic E-state index is -0.941. The summed E-state index contributed by atoms with van der Waals surface area (Å²) in [4.78, 5) is 10.1. The van der Waals surface area contributed by atoms with Crippen LogP contribution in [0.25, 0.3) is 0 Å². The van der Waals surface area contributed by atoms with Gasteiger partial charge in [0, 0.05) is 19.2 Å². The molecule has 0 atom stereocenters. The SMILES string of the molecule is O=C(O)/C=C/CNCC1(O)CCC1. The monoisotopic (exact) mass is 185 g/mol. The zero-order valence-corrected chi connectivity index (χ0v) is 7.49. The van der Waals surface area contributed by atoms with Crippen molar-refractivity contribution in [3.8, 4) is 0 Å². The molecule has 74 valence electrons. The van der Waals surface area contributed by atoms with Gasteiger partial charge in [0.1, 0.15) is 0 Å². The summed E-state index contributed by atoms with van der Waals surface area (Å²) in [5.41, 5.74) is -0.531. The standard InChI is InChI=1S/C9H15NO3/c11-8(12)3-1-6-10-7-9(13)4-2-5-9/h1,3,10,13H,2,4-7H2,(H,11,12)/b3-1+. The van der Waals surface area contributed by atoms with Crippen LogP contribution < -0.4 is 5.32 Å². The van der Waals surface area contributed by atoms with Crippen LogP contribution >= 0.6 is 0 Å². The van der Waals surface area contributed by atoms with Crippen LogP contribution in [0.5, 0.6) is 0 Å². The highest BCUT2D eigenvalue weighted by atomic mass is 16.4. The third kappa shape index (κ3) is 3.57. The van der Waals surface area contributed by atoms with E-state index in [1.165, 1.54) is 6.08 Å². The van der Waals surface area contributed by atoms with Gasteiger partial charge in [-0.15, -0.1) is 0 Å². The molecule has 0 aromatic rings. The molecule has 1 aliphatic rings. The lowest BCUT2D eigenvalue weighted by Gasteiger charge is -2.36. The van der Waals surface area contributed by atoms with E-state index in [2.05, 4.69) is 5.32 Å². The van der Waals surface area contributed by atoms with E-state index in [1.807, 2.05) is 0 Å². The number of hydrogen-bond acceptors (Lipinski definition) is 3. The van der Waals surface area contributed by atoms with Crippen molar-refractivity contribution >= 4 is 5.97 Å². The predicted octanol–water partition coefficient (Wildman–Crippen LogP) is 0.132. The molecule has 0 aromatic carbocycles. The first kappa shape index (κ1) is 10.2. The third-order valence-electron chi connectivity index (χ3n) is 2.26. The molecule has 0 amide bonds. The fraction of sp³-hybridized carbons (Fsp3) is 0.667. The number of aliphatic carboxylic acids is 1. The van der Waals surface area contributed by atoms with E-state index < -0.39 is 11.6 Å². The number of carboxylic acids is 1. The van der Waals surface area contributed by atoms with Crippen LogP contribution in [0.15, 0.2) is 12.2 Å². The van der Waals surface area contributed by atoms with Crippen LogP contribution in [0, 0.1) is 0 Å². The third-order valence-corrected chi connectivity index (χ3v) is 2.26. The summed E-state index contributed by atoms with van der Waals surface area (Å²) in [5, 5.41) is 20.9. The van der Waals surface area contributed by atoms with Crippen molar-refractivity contribution in [2.24, 2.45) is 0 Å². The lowest BCUT2D eigenvalue weighted by molar-refractivity contribution is -0.131. The highest BCUT2D eigenvalue weighted by molar-refractivity contribution is 5.79. The van der Waals surface area contributed by atoms with Crippen LogP contribution in [-0.2, 0) is 4.79 Å². The number of rotatable bonds is 5. The van der Waals surface area contributed by atoms with E-state index in [4.69, 9.17) is 5.11 Å². The number of carboxylic acid groups (broad SMARTS) is 1. The summed E-state index contributed by atoms with van der Waals surface area (Å²) in [6, 6.07) is 0. The Hall–Kier alpha value is -0.870. The summed E-state index contributed by atoms with van der Waals surface area (Å²) in [6.07, 6.45) is 5.41. The van der Waals surface area contributed by atoms with E-state index >= 15 is 0 Å². The molecule has 4 nitrogen and oxygen atoms in total. The molecule has 1 fully saturated rings. The minimum Gasteiger partial charge on any atom is -0.478 e. The fourth-order valence-electron chi connectivity index (χ4n) is 1.31. The van der Waals surface area contributed by atoms with Crippen molar-refractivity contribution in [3.05, 3.63) is 12.2 Å². The Labute approximate surface area is 77.3 Å². The molecule has 1 aliphatic carbocycles. The second-order valence-electron chi connectivity index (χ2n) is 3.45. The largest absolute Gasteiger partial charge is 0.478 e. The molecule has 0 aromatic heterocycles. The highest BCUT2D eigenvalue weighted by Gasteiger charge is 2.33. The lowest BCUT2D eigenvalue weighted by Crippen LogP contribution is -2.46. The molecule has 0 aliphatic heterocycles. The summed E-state index contributed by atoms with van der Waals surface area (Å²) >= 11 is 0. The van der Waals surface area contributed by atoms with E-state index in [0.29, 0.717) is 13.1 Å². The zero-order valence-electron chi connectivity index (χ0n) is 7.49. The first-order valence-electron chi connectivity index (χ1n) is 4.45. The van der Waals surface area contributed by atoms with Crippen LogP contribution in [0.4, 0.5) is 0 Å². The van der Waals surface area contributed by atoms with Gasteiger partial charge in [0.15, 0.2) is 0 Å². The molecular weight excluding hydrogens is 170 g/mol. The molecule has 0 spiro atoms. The average Bonchev–Trinajstić information content (AvgIpc) is 2.00. The summed E-state index contributed by atoms with van der Waals surface area (Å²) in [5.74, 6) is -0.941. The number of carbonyl (C=O) groups is 1. The maximum absolute atomic E-state index is 10.1. The maximum atomic E-state index is 10.1. The molecule has 1 rings (SSSR count). The van der Waals surface area contributed by atoms with Crippen LogP contribution in [-0.4, -0.2) is 34.9 Å². The summed E-state index contributed by atoms with van der Waals surface area (Å²) < 4.78 is 0. The van der Waals surface area contributed by atoms with E-state index in [1.54, 1.807) is 0 Å². The van der Waals surface area contributed by atoms with Gasteiger partial charge in [0.05, 0.1) is 5.60 Å². The Kier molecular flexibility index (Phi) is 3.45. The summed E-state index contributed by atoms with van der Waals surface area (Å²) in [7, 11) is 0. The molecule has 0 heterocycles. The Balaban J connectivity index is 2.04. The Morgan fingerprint density at radius 2 is 2.23 bits per heavy atom. The molecule has 3 N–H and O–H groups in total. The number of hydrogen-bond donors (Lipinski definition) is 3. The van der Waals surface area contributed by atoms with Crippen molar-refractivity contribution in [1.29, 1.82) is 0 Å². The Morgan fingerprint density at radius 1 is 1.54 bits per heavy atom. The van der Waals surface area contributed by atoms with E-state index in [-0.39, 0.29) is 0 Å². The van der Waals surface area contributed by atoms with Gasteiger partial charge in [-0.25, -0.2) is 4.79 Å². The van der Waals surface area contributed by atoms with Crippen LogP contribution in [0.1, 0.15) is 19.3 Å². The minimum absolute atomic E-state index is 0.495. The topological polar surface area (TPSA) is 69.6 Å². The van der Waals surface area contributed by atoms with Gasteiger partial charge >= 0.3 is 5.97 Å². The van der Waals surface area contributed by atoms with Gasteiger partial charge in [-0.05, 0) is 19.3 Å². The van der Waals surface area contributed by atoms with Gasteiger partial charge in [0.2, 0.25) is 0 Å². The number of aliphatic hydroxyl groups is 1. The zero-order chi connectivity index (χ0) is 9.73. The van der Waals surface area contributed by atoms with Crippen molar-refractivity contribution < 1.29 is 15.0 Å². The normalized spacial score (nSPS) is 20.1. The fourth-order valence-corrected chi connectivity index (χ4v) is 1.31. The first-order chi connectivity index (χ1) is 6.12. The Morgan fingerprint density at radius 3 is 2.69 bits per heavy atom. The van der Waals surface area contributed by atoms with Gasteiger partial charge in [0.25, 0.3) is 0 Å². The van der Waals surface area contributed by atoms with Gasteiger partial charge < -0.3 is 15.5 Å². The summed E-state index contributed by atoms with van der Waals surface area (Å²) in [6.45, 7) is 1.05. The van der Waals surface area contributed by atoms with Crippen molar-refractivity contribution in [3.63, 3.8) is 0 Å². The maximum Gasteiger partial charge on any atom is 0.328 e.